The number of nitrogens with one attached hydrogen (secondary N) is 1. The van der Waals surface area contributed by atoms with E-state index < -0.39 is 0 Å². The van der Waals surface area contributed by atoms with Gasteiger partial charge in [-0.1, -0.05) is 0 Å². The summed E-state index contributed by atoms with van der Waals surface area (Å²) >= 11 is 0. The number of halogens is 1. The van der Waals surface area contributed by atoms with Crippen LogP contribution in [-0.2, 0) is 6.54 Å². The van der Waals surface area contributed by atoms with Crippen molar-refractivity contribution in [2.24, 2.45) is 0 Å². The molecule has 3 nitrogen and oxygen atoms in total. The molecule has 1 aromatic rings. The van der Waals surface area contributed by atoms with Gasteiger partial charge in [0.05, 0.1) is 0 Å². The molecule has 2 N–H and O–H groups in total. The van der Waals surface area contributed by atoms with Crippen LogP contribution in [0.4, 0.5) is 10.1 Å². The molecule has 0 fully saturated rings. The normalized spacial score (nSPS) is 12.0. The molecule has 0 bridgehead atoms. The van der Waals surface area contributed by atoms with E-state index in [2.05, 4.69) is 44.8 Å². The van der Waals surface area contributed by atoms with Crippen LogP contribution in [0.15, 0.2) is 18.2 Å². The van der Waals surface area contributed by atoms with Crippen molar-refractivity contribution in [1.29, 1.82) is 0 Å². The van der Waals surface area contributed by atoms with E-state index >= 15 is 0 Å². The first-order chi connectivity index (χ1) is 9.74. The molecule has 0 aliphatic rings. The molecular weight excluding hydrogens is 267 g/mol. The molecule has 0 unspecified atom stereocenters. The van der Waals surface area contributed by atoms with Gasteiger partial charge in [0.2, 0.25) is 0 Å². The number of anilines is 1. The zero-order chi connectivity index (χ0) is 16.0. The van der Waals surface area contributed by atoms with Gasteiger partial charge in [-0.15, -0.1) is 0 Å². The zero-order valence-corrected chi connectivity index (χ0v) is 13.9. The second-order valence-electron chi connectivity index (χ2n) is 6.74. The van der Waals surface area contributed by atoms with Crippen LogP contribution in [0.5, 0.6) is 0 Å². The van der Waals surface area contributed by atoms with Crippen molar-refractivity contribution in [2.45, 2.75) is 59.2 Å². The SMILES string of the molecule is CC(C)N(CCCO)c1ccc(F)cc1CNC(C)(C)C. The fraction of sp³-hybridized carbons (Fsp3) is 0.647. The highest BCUT2D eigenvalue weighted by Crippen LogP contribution is 2.24. The highest BCUT2D eigenvalue weighted by atomic mass is 19.1. The molecule has 1 aromatic carbocycles. The van der Waals surface area contributed by atoms with Crippen molar-refractivity contribution in [3.05, 3.63) is 29.6 Å². The second-order valence-corrected chi connectivity index (χ2v) is 6.74. The molecule has 0 atom stereocenters. The molecule has 0 heterocycles. The van der Waals surface area contributed by atoms with Gasteiger partial charge in [0, 0.05) is 37.0 Å². The van der Waals surface area contributed by atoms with Crippen molar-refractivity contribution in [2.75, 3.05) is 18.1 Å². The number of aliphatic hydroxyl groups is 1. The van der Waals surface area contributed by atoms with Gasteiger partial charge in [-0.05, 0) is 64.8 Å². The third-order valence-electron chi connectivity index (χ3n) is 3.34. The summed E-state index contributed by atoms with van der Waals surface area (Å²) < 4.78 is 13.6. The zero-order valence-electron chi connectivity index (χ0n) is 13.9. The van der Waals surface area contributed by atoms with Gasteiger partial charge in [-0.3, -0.25) is 0 Å². The highest BCUT2D eigenvalue weighted by molar-refractivity contribution is 5.54. The monoisotopic (exact) mass is 296 g/mol. The number of aliphatic hydroxyl groups excluding tert-OH is 1. The lowest BCUT2D eigenvalue weighted by atomic mass is 10.1. The lowest BCUT2D eigenvalue weighted by Crippen LogP contribution is -2.37. The average Bonchev–Trinajstić information content (AvgIpc) is 2.37. The average molecular weight is 296 g/mol. The Hall–Kier alpha value is -1.13. The molecule has 0 aliphatic heterocycles. The summed E-state index contributed by atoms with van der Waals surface area (Å²) in [6.07, 6.45) is 0.710. The fourth-order valence-electron chi connectivity index (χ4n) is 2.23. The molecule has 0 aromatic heterocycles. The Labute approximate surface area is 128 Å². The minimum Gasteiger partial charge on any atom is -0.396 e. The third-order valence-corrected chi connectivity index (χ3v) is 3.34. The van der Waals surface area contributed by atoms with Gasteiger partial charge in [-0.25, -0.2) is 4.39 Å². The molecule has 4 heteroatoms. The molecule has 0 amide bonds. The van der Waals surface area contributed by atoms with Crippen molar-refractivity contribution in [1.82, 2.24) is 5.32 Å². The highest BCUT2D eigenvalue weighted by Gasteiger charge is 2.16. The van der Waals surface area contributed by atoms with Gasteiger partial charge in [-0.2, -0.15) is 0 Å². The summed E-state index contributed by atoms with van der Waals surface area (Å²) in [6.45, 7) is 12.1. The first kappa shape index (κ1) is 17.9. The van der Waals surface area contributed by atoms with E-state index in [4.69, 9.17) is 5.11 Å². The molecule has 21 heavy (non-hydrogen) atoms. The van der Waals surface area contributed by atoms with E-state index in [1.165, 1.54) is 6.07 Å². The molecule has 0 spiro atoms. The minimum absolute atomic E-state index is 0.0165. The number of hydrogen-bond acceptors (Lipinski definition) is 3. The lowest BCUT2D eigenvalue weighted by molar-refractivity contribution is 0.288. The van der Waals surface area contributed by atoms with Crippen LogP contribution >= 0.6 is 0 Å². The Morgan fingerprint density at radius 2 is 1.95 bits per heavy atom. The summed E-state index contributed by atoms with van der Waals surface area (Å²) in [5, 5.41) is 12.5. The summed E-state index contributed by atoms with van der Waals surface area (Å²) in [5.74, 6) is -0.213. The number of rotatable bonds is 7. The molecule has 1 rings (SSSR count). The van der Waals surface area contributed by atoms with Crippen LogP contribution in [-0.4, -0.2) is 29.8 Å². The van der Waals surface area contributed by atoms with E-state index in [9.17, 15) is 4.39 Å². The Morgan fingerprint density at radius 1 is 1.29 bits per heavy atom. The van der Waals surface area contributed by atoms with E-state index in [0.29, 0.717) is 19.0 Å². The van der Waals surface area contributed by atoms with Crippen LogP contribution < -0.4 is 10.2 Å². The predicted molar refractivity (Wildman–Crippen MR) is 87.2 cm³/mol. The maximum Gasteiger partial charge on any atom is 0.123 e. The number of benzene rings is 1. The first-order valence-electron chi connectivity index (χ1n) is 7.65. The summed E-state index contributed by atoms with van der Waals surface area (Å²) in [5.41, 5.74) is 1.98. The first-order valence-corrected chi connectivity index (χ1v) is 7.65. The molecule has 0 radical (unpaired) electrons. The van der Waals surface area contributed by atoms with Gasteiger partial charge < -0.3 is 15.3 Å². The largest absolute Gasteiger partial charge is 0.396 e. The summed E-state index contributed by atoms with van der Waals surface area (Å²) in [6, 6.07) is 5.24. The summed E-state index contributed by atoms with van der Waals surface area (Å²) in [4.78, 5) is 2.22. The molecule has 0 aliphatic carbocycles. The van der Waals surface area contributed by atoms with Crippen molar-refractivity contribution in [3.8, 4) is 0 Å². The van der Waals surface area contributed by atoms with E-state index in [-0.39, 0.29) is 18.0 Å². The molecule has 0 saturated carbocycles. The van der Waals surface area contributed by atoms with Crippen molar-refractivity contribution >= 4 is 5.69 Å². The quantitative estimate of drug-likeness (QED) is 0.810. The topological polar surface area (TPSA) is 35.5 Å². The maximum atomic E-state index is 13.6. The lowest BCUT2D eigenvalue weighted by Gasteiger charge is -2.32. The smallest absolute Gasteiger partial charge is 0.123 e. The van der Waals surface area contributed by atoms with Crippen molar-refractivity contribution in [3.63, 3.8) is 0 Å². The standard InChI is InChI=1S/C17H29FN2O/c1-13(2)20(9-6-10-21)16-8-7-15(18)11-14(16)12-19-17(3,4)5/h7-8,11,13,19,21H,6,9-10,12H2,1-5H3. The Morgan fingerprint density at radius 3 is 2.48 bits per heavy atom. The van der Waals surface area contributed by atoms with Gasteiger partial charge in [0.25, 0.3) is 0 Å². The maximum absolute atomic E-state index is 13.6. The van der Waals surface area contributed by atoms with Crippen LogP contribution in [0.2, 0.25) is 0 Å². The summed E-state index contributed by atoms with van der Waals surface area (Å²) in [7, 11) is 0. The third kappa shape index (κ3) is 6.02. The number of nitrogens with zero attached hydrogens (tertiary/aromatic N) is 1. The Bertz CT molecular complexity index is 441. The molecule has 120 valence electrons. The van der Waals surface area contributed by atoms with Crippen LogP contribution in [0.25, 0.3) is 0 Å². The second kappa shape index (κ2) is 7.76. The van der Waals surface area contributed by atoms with E-state index in [1.807, 2.05) is 6.07 Å². The van der Waals surface area contributed by atoms with Gasteiger partial charge >= 0.3 is 0 Å². The van der Waals surface area contributed by atoms with E-state index in [0.717, 1.165) is 17.8 Å². The molecular formula is C17H29FN2O. The van der Waals surface area contributed by atoms with Crippen LogP contribution in [0.3, 0.4) is 0 Å². The predicted octanol–water partition coefficient (Wildman–Crippen LogP) is 3.31. The molecule has 0 saturated heterocycles. The van der Waals surface area contributed by atoms with Crippen molar-refractivity contribution < 1.29 is 9.50 Å². The van der Waals surface area contributed by atoms with Gasteiger partial charge in [0.1, 0.15) is 5.82 Å². The fourth-order valence-corrected chi connectivity index (χ4v) is 2.23. The minimum atomic E-state index is -0.213. The van der Waals surface area contributed by atoms with Gasteiger partial charge in [0.15, 0.2) is 0 Å². The van der Waals surface area contributed by atoms with Crippen LogP contribution in [0, 0.1) is 5.82 Å². The van der Waals surface area contributed by atoms with Crippen LogP contribution in [0.1, 0.15) is 46.6 Å². The Kier molecular flexibility index (Phi) is 6.62. The van der Waals surface area contributed by atoms with E-state index in [1.54, 1.807) is 6.07 Å². The Balaban J connectivity index is 3.02. The number of hydrogen-bond donors (Lipinski definition) is 2.